The number of nitriles is 1. The van der Waals surface area contributed by atoms with Crippen LogP contribution in [0.1, 0.15) is 24.8 Å². The Labute approximate surface area is 94.8 Å². The molecule has 0 unspecified atom stereocenters. The van der Waals surface area contributed by atoms with E-state index in [-0.39, 0.29) is 0 Å². The summed E-state index contributed by atoms with van der Waals surface area (Å²) in [7, 11) is 0. The van der Waals surface area contributed by atoms with Crippen molar-refractivity contribution in [2.45, 2.75) is 25.7 Å². The molecule has 2 rings (SSSR count). The highest BCUT2D eigenvalue weighted by molar-refractivity contribution is 8.07. The second-order valence-electron chi connectivity index (χ2n) is 3.74. The molecule has 1 aromatic rings. The van der Waals surface area contributed by atoms with Crippen molar-refractivity contribution < 1.29 is 0 Å². The molecule has 15 heavy (non-hydrogen) atoms. The highest BCUT2D eigenvalue weighted by Gasteiger charge is 2.15. The summed E-state index contributed by atoms with van der Waals surface area (Å²) in [4.78, 5) is 1.27. The third-order valence-electron chi connectivity index (χ3n) is 2.73. The maximum Gasteiger partial charge on any atom is 0.138 e. The van der Waals surface area contributed by atoms with E-state index < -0.39 is 0 Å². The third-order valence-corrected chi connectivity index (χ3v) is 3.50. The molecule has 0 aliphatic heterocycles. The van der Waals surface area contributed by atoms with E-state index in [9.17, 15) is 0 Å². The Morgan fingerprint density at radius 3 is 2.53 bits per heavy atom. The van der Waals surface area contributed by atoms with Crippen LogP contribution in [0.2, 0.25) is 0 Å². The topological polar surface area (TPSA) is 23.8 Å². The lowest BCUT2D eigenvalue weighted by Gasteiger charge is -2.20. The molecule has 1 aliphatic carbocycles. The van der Waals surface area contributed by atoms with Gasteiger partial charge in [-0.05, 0) is 36.6 Å². The van der Waals surface area contributed by atoms with E-state index >= 15 is 0 Å². The first-order valence-corrected chi connectivity index (χ1v) is 6.02. The Morgan fingerprint density at radius 1 is 1.27 bits per heavy atom. The zero-order valence-electron chi connectivity index (χ0n) is 8.57. The van der Waals surface area contributed by atoms with Gasteiger partial charge in [0.15, 0.2) is 0 Å². The van der Waals surface area contributed by atoms with Crippen molar-refractivity contribution in [1.82, 2.24) is 0 Å². The lowest BCUT2D eigenvalue weighted by Crippen LogP contribution is -2.02. The maximum atomic E-state index is 8.76. The Balaban J connectivity index is 2.12. The number of hydrogen-bond donors (Lipinski definition) is 0. The molecule has 1 fully saturated rings. The quantitative estimate of drug-likeness (QED) is 0.714. The molecule has 0 N–H and O–H groups in total. The van der Waals surface area contributed by atoms with E-state index in [1.807, 2.05) is 6.07 Å². The molecule has 2 heteroatoms. The van der Waals surface area contributed by atoms with Crippen molar-refractivity contribution in [3.8, 4) is 5.40 Å². The van der Waals surface area contributed by atoms with Gasteiger partial charge in [-0.1, -0.05) is 35.9 Å². The smallest absolute Gasteiger partial charge is 0.138 e. The fourth-order valence-corrected chi connectivity index (χ4v) is 2.40. The standard InChI is InChI=1S/C13H13NS/c14-10-15-13(12-7-4-8-12)9-11-5-2-1-3-6-11/h1-3,5-6H,4,7-9H2. The fourth-order valence-electron chi connectivity index (χ4n) is 1.70. The van der Waals surface area contributed by atoms with Crippen LogP contribution < -0.4 is 0 Å². The summed E-state index contributed by atoms with van der Waals surface area (Å²) in [6.45, 7) is 0. The number of hydrogen-bond acceptors (Lipinski definition) is 2. The van der Waals surface area contributed by atoms with Crippen LogP contribution in [-0.4, -0.2) is 0 Å². The highest BCUT2D eigenvalue weighted by Crippen LogP contribution is 2.35. The Morgan fingerprint density at radius 2 is 2.00 bits per heavy atom. The summed E-state index contributed by atoms with van der Waals surface area (Å²) in [5.41, 5.74) is 2.79. The summed E-state index contributed by atoms with van der Waals surface area (Å²) >= 11 is 1.34. The normalized spacial score (nSPS) is 14.2. The van der Waals surface area contributed by atoms with Gasteiger partial charge in [-0.15, -0.1) is 0 Å². The summed E-state index contributed by atoms with van der Waals surface area (Å²) < 4.78 is 0. The van der Waals surface area contributed by atoms with Crippen LogP contribution >= 0.6 is 11.8 Å². The van der Waals surface area contributed by atoms with Crippen LogP contribution in [0.5, 0.6) is 0 Å². The number of nitrogens with zero attached hydrogens (tertiary/aromatic N) is 1. The second kappa shape index (κ2) is 5.04. The van der Waals surface area contributed by atoms with Gasteiger partial charge in [-0.25, -0.2) is 0 Å². The average Bonchev–Trinajstić information content (AvgIpc) is 2.17. The first kappa shape index (κ1) is 10.3. The van der Waals surface area contributed by atoms with E-state index in [1.54, 1.807) is 0 Å². The van der Waals surface area contributed by atoms with Gasteiger partial charge >= 0.3 is 0 Å². The minimum atomic E-state index is 0.925. The van der Waals surface area contributed by atoms with Crippen molar-refractivity contribution in [2.24, 2.45) is 0 Å². The van der Waals surface area contributed by atoms with Crippen molar-refractivity contribution in [1.29, 1.82) is 5.26 Å². The van der Waals surface area contributed by atoms with Crippen LogP contribution in [0.15, 0.2) is 40.8 Å². The predicted octanol–water partition coefficient (Wildman–Crippen LogP) is 3.88. The van der Waals surface area contributed by atoms with Crippen LogP contribution in [0.4, 0.5) is 0 Å². The molecule has 0 heterocycles. The minimum absolute atomic E-state index is 0.925. The first-order chi connectivity index (χ1) is 7.40. The van der Waals surface area contributed by atoms with Crippen molar-refractivity contribution in [3.05, 3.63) is 46.4 Å². The van der Waals surface area contributed by atoms with Crippen LogP contribution in [-0.2, 0) is 6.42 Å². The second-order valence-corrected chi connectivity index (χ2v) is 4.62. The molecule has 0 amide bonds. The molecule has 0 aromatic heterocycles. The van der Waals surface area contributed by atoms with E-state index in [4.69, 9.17) is 5.26 Å². The number of allylic oxidation sites excluding steroid dienone is 2. The SMILES string of the molecule is N#CSC(Cc1ccccc1)=C1CCC1. The number of benzene rings is 1. The third kappa shape index (κ3) is 2.64. The number of rotatable bonds is 3. The minimum Gasteiger partial charge on any atom is -0.185 e. The molecule has 1 saturated carbocycles. The molecule has 1 nitrogen and oxygen atoms in total. The molecule has 0 radical (unpaired) electrons. The van der Waals surface area contributed by atoms with Crippen LogP contribution in [0.25, 0.3) is 0 Å². The van der Waals surface area contributed by atoms with Gasteiger partial charge in [0.1, 0.15) is 5.40 Å². The predicted molar refractivity (Wildman–Crippen MR) is 64.2 cm³/mol. The first-order valence-electron chi connectivity index (χ1n) is 5.21. The number of thiocyanates is 1. The molecule has 1 aromatic carbocycles. The molecule has 0 atom stereocenters. The largest absolute Gasteiger partial charge is 0.185 e. The fraction of sp³-hybridized carbons (Fsp3) is 0.308. The Bertz CT molecular complexity index is 394. The lowest BCUT2D eigenvalue weighted by atomic mass is 9.90. The van der Waals surface area contributed by atoms with Gasteiger partial charge < -0.3 is 0 Å². The summed E-state index contributed by atoms with van der Waals surface area (Å²) in [5.74, 6) is 0. The molecule has 1 aliphatic rings. The average molecular weight is 215 g/mol. The van der Waals surface area contributed by atoms with E-state index in [0.717, 1.165) is 6.42 Å². The van der Waals surface area contributed by atoms with Crippen molar-refractivity contribution in [2.75, 3.05) is 0 Å². The van der Waals surface area contributed by atoms with Crippen molar-refractivity contribution >= 4 is 11.8 Å². The van der Waals surface area contributed by atoms with Crippen LogP contribution in [0.3, 0.4) is 0 Å². The summed E-state index contributed by atoms with van der Waals surface area (Å²) in [5, 5.41) is 11.0. The van der Waals surface area contributed by atoms with Gasteiger partial charge in [0.25, 0.3) is 0 Å². The van der Waals surface area contributed by atoms with Gasteiger partial charge in [-0.2, -0.15) is 5.26 Å². The van der Waals surface area contributed by atoms with Gasteiger partial charge in [0.2, 0.25) is 0 Å². The lowest BCUT2D eigenvalue weighted by molar-refractivity contribution is 0.655. The van der Waals surface area contributed by atoms with Crippen LogP contribution in [0, 0.1) is 10.7 Å². The van der Waals surface area contributed by atoms with Gasteiger partial charge in [-0.3, -0.25) is 0 Å². The van der Waals surface area contributed by atoms with E-state index in [1.165, 1.54) is 47.1 Å². The molecule has 76 valence electrons. The molecular weight excluding hydrogens is 202 g/mol. The van der Waals surface area contributed by atoms with E-state index in [0.29, 0.717) is 0 Å². The molecular formula is C13H13NS. The van der Waals surface area contributed by atoms with E-state index in [2.05, 4.69) is 29.7 Å². The Hall–Kier alpha value is -1.20. The summed E-state index contributed by atoms with van der Waals surface area (Å²) in [6, 6.07) is 10.4. The molecule has 0 spiro atoms. The number of thioether (sulfide) groups is 1. The zero-order valence-corrected chi connectivity index (χ0v) is 9.39. The molecule has 0 bridgehead atoms. The summed E-state index contributed by atoms with van der Waals surface area (Å²) in [6.07, 6.45) is 4.60. The highest BCUT2D eigenvalue weighted by atomic mass is 32.2. The van der Waals surface area contributed by atoms with Gasteiger partial charge in [0, 0.05) is 11.3 Å². The molecule has 0 saturated heterocycles. The van der Waals surface area contributed by atoms with Gasteiger partial charge in [0.05, 0.1) is 0 Å². The van der Waals surface area contributed by atoms with Crippen molar-refractivity contribution in [3.63, 3.8) is 0 Å². The monoisotopic (exact) mass is 215 g/mol. The Kier molecular flexibility index (Phi) is 3.47. The maximum absolute atomic E-state index is 8.76. The zero-order chi connectivity index (χ0) is 10.5.